The van der Waals surface area contributed by atoms with Crippen LogP contribution in [0.15, 0.2) is 77.9 Å². The molecule has 3 aromatic heterocycles. The van der Waals surface area contributed by atoms with Crippen LogP contribution in [-0.2, 0) is 0 Å². The third-order valence-electron chi connectivity index (χ3n) is 4.78. The van der Waals surface area contributed by atoms with Crippen molar-refractivity contribution in [2.24, 2.45) is 0 Å². The molecule has 30 heavy (non-hydrogen) atoms. The van der Waals surface area contributed by atoms with Gasteiger partial charge in [-0.1, -0.05) is 6.07 Å². The lowest BCUT2D eigenvalue weighted by Crippen LogP contribution is -1.98. The number of hydrogen-bond acceptors (Lipinski definition) is 6. The van der Waals surface area contributed by atoms with E-state index in [0.717, 1.165) is 39.6 Å². The predicted molar refractivity (Wildman–Crippen MR) is 115 cm³/mol. The van der Waals surface area contributed by atoms with E-state index in [1.165, 1.54) is 0 Å². The summed E-state index contributed by atoms with van der Waals surface area (Å²) in [5, 5.41) is 3.43. The van der Waals surface area contributed by atoms with Crippen LogP contribution in [0, 0.1) is 6.92 Å². The number of aryl methyl sites for hydroxylation is 1. The number of ether oxygens (including phenoxy) is 1. The molecule has 5 aromatic rings. The number of rotatable bonds is 5. The fraction of sp³-hybridized carbons (Fsp3) is 0.0870. The van der Waals surface area contributed by atoms with Crippen molar-refractivity contribution < 1.29 is 9.15 Å². The van der Waals surface area contributed by atoms with Crippen molar-refractivity contribution in [3.8, 4) is 22.9 Å². The summed E-state index contributed by atoms with van der Waals surface area (Å²) in [6.07, 6.45) is 7.19. The molecule has 1 N–H and O–H groups in total. The molecule has 7 nitrogen and oxygen atoms in total. The summed E-state index contributed by atoms with van der Waals surface area (Å²) in [6, 6.07) is 15.5. The van der Waals surface area contributed by atoms with Gasteiger partial charge in [0, 0.05) is 30.3 Å². The number of fused-ring (bicyclic) bond motifs is 1. The zero-order valence-electron chi connectivity index (χ0n) is 16.5. The van der Waals surface area contributed by atoms with Crippen LogP contribution in [0.25, 0.3) is 28.2 Å². The van der Waals surface area contributed by atoms with E-state index in [0.29, 0.717) is 11.5 Å². The highest BCUT2D eigenvalue weighted by molar-refractivity contribution is 5.90. The number of methoxy groups -OCH3 is 1. The van der Waals surface area contributed by atoms with Gasteiger partial charge in [0.15, 0.2) is 5.58 Å². The molecule has 148 valence electrons. The van der Waals surface area contributed by atoms with E-state index >= 15 is 0 Å². The zero-order valence-corrected chi connectivity index (χ0v) is 16.5. The van der Waals surface area contributed by atoms with Gasteiger partial charge < -0.3 is 19.0 Å². The average Bonchev–Trinajstić information content (AvgIpc) is 3.41. The summed E-state index contributed by atoms with van der Waals surface area (Å²) in [7, 11) is 1.66. The highest BCUT2D eigenvalue weighted by atomic mass is 16.5. The summed E-state index contributed by atoms with van der Waals surface area (Å²) in [5.74, 6) is 1.27. The lowest BCUT2D eigenvalue weighted by atomic mass is 10.2. The van der Waals surface area contributed by atoms with E-state index in [9.17, 15) is 0 Å². The van der Waals surface area contributed by atoms with Gasteiger partial charge in [-0.3, -0.25) is 4.98 Å². The molecule has 0 saturated carbocycles. The fourth-order valence-electron chi connectivity index (χ4n) is 3.34. The number of nitrogens with one attached hydrogen (secondary N) is 1. The topological polar surface area (TPSA) is 78.0 Å². The molecule has 0 radical (unpaired) electrons. The first-order valence-electron chi connectivity index (χ1n) is 9.47. The average molecular weight is 397 g/mol. The van der Waals surface area contributed by atoms with Crippen LogP contribution in [0.3, 0.4) is 0 Å². The molecule has 0 unspecified atom stereocenters. The third kappa shape index (κ3) is 3.26. The van der Waals surface area contributed by atoms with Gasteiger partial charge in [-0.2, -0.15) is 0 Å². The second kappa shape index (κ2) is 7.36. The standard InChI is InChI=1S/C23H19N5O2/c1-15-13-28(14-25-15)19-9-8-17(11-21(19)29-2)26-18-6-3-7-20-22(18)27-23(30-20)16-5-4-10-24-12-16/h3-14,26H,1-2H3. The van der Waals surface area contributed by atoms with E-state index in [1.54, 1.807) is 25.8 Å². The van der Waals surface area contributed by atoms with Gasteiger partial charge in [-0.05, 0) is 43.3 Å². The lowest BCUT2D eigenvalue weighted by Gasteiger charge is -2.13. The number of benzene rings is 2. The number of pyridine rings is 1. The monoisotopic (exact) mass is 397 g/mol. The second-order valence-corrected chi connectivity index (χ2v) is 6.85. The van der Waals surface area contributed by atoms with Crippen molar-refractivity contribution >= 4 is 22.5 Å². The molecule has 0 bridgehead atoms. The van der Waals surface area contributed by atoms with Crippen molar-refractivity contribution in [1.29, 1.82) is 0 Å². The quantitative estimate of drug-likeness (QED) is 0.443. The number of imidazole rings is 1. The zero-order chi connectivity index (χ0) is 20.5. The Morgan fingerprint density at radius 1 is 1.10 bits per heavy atom. The van der Waals surface area contributed by atoms with Gasteiger partial charge in [0.1, 0.15) is 11.3 Å². The molecule has 0 aliphatic carbocycles. The number of anilines is 2. The summed E-state index contributed by atoms with van der Waals surface area (Å²) in [5.41, 5.74) is 5.89. The smallest absolute Gasteiger partial charge is 0.228 e. The number of hydrogen-bond donors (Lipinski definition) is 1. The maximum atomic E-state index is 5.93. The van der Waals surface area contributed by atoms with Gasteiger partial charge in [0.2, 0.25) is 5.89 Å². The maximum absolute atomic E-state index is 5.93. The Morgan fingerprint density at radius 2 is 2.03 bits per heavy atom. The first kappa shape index (κ1) is 17.9. The van der Waals surface area contributed by atoms with E-state index in [4.69, 9.17) is 9.15 Å². The van der Waals surface area contributed by atoms with Gasteiger partial charge in [0.05, 0.1) is 36.1 Å². The van der Waals surface area contributed by atoms with Crippen molar-refractivity contribution in [3.63, 3.8) is 0 Å². The molecule has 2 aromatic carbocycles. The molecule has 0 fully saturated rings. The second-order valence-electron chi connectivity index (χ2n) is 6.85. The van der Waals surface area contributed by atoms with Crippen molar-refractivity contribution in [2.75, 3.05) is 12.4 Å². The van der Waals surface area contributed by atoms with Crippen molar-refractivity contribution in [2.45, 2.75) is 6.92 Å². The largest absolute Gasteiger partial charge is 0.494 e. The van der Waals surface area contributed by atoms with Crippen molar-refractivity contribution in [3.05, 3.63) is 79.1 Å². The number of para-hydroxylation sites is 1. The van der Waals surface area contributed by atoms with Crippen LogP contribution >= 0.6 is 0 Å². The summed E-state index contributed by atoms with van der Waals surface area (Å²) in [4.78, 5) is 13.1. The first-order valence-corrected chi connectivity index (χ1v) is 9.47. The lowest BCUT2D eigenvalue weighted by molar-refractivity contribution is 0.413. The fourth-order valence-corrected chi connectivity index (χ4v) is 3.34. The predicted octanol–water partition coefficient (Wildman–Crippen LogP) is 5.14. The normalized spacial score (nSPS) is 11.0. The molecule has 0 amide bonds. The minimum absolute atomic E-state index is 0.538. The number of nitrogens with zero attached hydrogens (tertiary/aromatic N) is 4. The number of oxazole rings is 1. The van der Waals surface area contributed by atoms with Crippen LogP contribution in [0.2, 0.25) is 0 Å². The molecule has 0 atom stereocenters. The van der Waals surface area contributed by atoms with Crippen LogP contribution in [0.4, 0.5) is 11.4 Å². The number of aromatic nitrogens is 4. The summed E-state index contributed by atoms with van der Waals surface area (Å²) >= 11 is 0. The van der Waals surface area contributed by atoms with Gasteiger partial charge >= 0.3 is 0 Å². The van der Waals surface area contributed by atoms with Crippen LogP contribution in [-0.4, -0.2) is 26.6 Å². The minimum atomic E-state index is 0.538. The first-order chi connectivity index (χ1) is 14.7. The van der Waals surface area contributed by atoms with Crippen LogP contribution in [0.1, 0.15) is 5.69 Å². The molecule has 3 heterocycles. The Labute approximate surface area is 173 Å². The molecular formula is C23H19N5O2. The highest BCUT2D eigenvalue weighted by Crippen LogP contribution is 2.32. The van der Waals surface area contributed by atoms with Crippen LogP contribution < -0.4 is 10.1 Å². The molecule has 5 rings (SSSR count). The Morgan fingerprint density at radius 3 is 2.80 bits per heavy atom. The maximum Gasteiger partial charge on any atom is 0.228 e. The van der Waals surface area contributed by atoms with Gasteiger partial charge in [0.25, 0.3) is 0 Å². The SMILES string of the molecule is COc1cc(Nc2cccc3oc(-c4cccnc4)nc23)ccc1-n1cnc(C)c1. The minimum Gasteiger partial charge on any atom is -0.494 e. The Kier molecular flexibility index (Phi) is 4.40. The summed E-state index contributed by atoms with van der Waals surface area (Å²) < 4.78 is 13.5. The van der Waals surface area contributed by atoms with E-state index in [-0.39, 0.29) is 0 Å². The van der Waals surface area contributed by atoms with Gasteiger partial charge in [-0.15, -0.1) is 0 Å². The summed E-state index contributed by atoms with van der Waals surface area (Å²) in [6.45, 7) is 1.96. The Balaban J connectivity index is 1.50. The molecule has 0 aliphatic rings. The van der Waals surface area contributed by atoms with E-state index in [2.05, 4.69) is 20.3 Å². The van der Waals surface area contributed by atoms with E-state index < -0.39 is 0 Å². The van der Waals surface area contributed by atoms with Gasteiger partial charge in [-0.25, -0.2) is 9.97 Å². The Hall–Kier alpha value is -4.13. The molecule has 0 spiro atoms. The molecule has 0 aliphatic heterocycles. The van der Waals surface area contributed by atoms with Crippen LogP contribution in [0.5, 0.6) is 5.75 Å². The van der Waals surface area contributed by atoms with E-state index in [1.807, 2.05) is 66.2 Å². The highest BCUT2D eigenvalue weighted by Gasteiger charge is 2.13. The Bertz CT molecular complexity index is 1320. The molecule has 7 heteroatoms. The third-order valence-corrected chi connectivity index (χ3v) is 4.78. The molecular weight excluding hydrogens is 378 g/mol. The van der Waals surface area contributed by atoms with Crippen molar-refractivity contribution in [1.82, 2.24) is 19.5 Å². The molecule has 0 saturated heterocycles.